The number of aliphatic hydroxyl groups excluding tert-OH is 1. The van der Waals surface area contributed by atoms with Gasteiger partial charge in [0.05, 0.1) is 6.10 Å². The van der Waals surface area contributed by atoms with Crippen molar-refractivity contribution in [3.05, 3.63) is 59.7 Å². The highest BCUT2D eigenvalue weighted by atomic mass is 16.3. The third-order valence-corrected chi connectivity index (χ3v) is 4.17. The van der Waals surface area contributed by atoms with Crippen LogP contribution in [0.25, 0.3) is 0 Å². The molecular weight excluding hydrogens is 246 g/mol. The molecule has 1 aliphatic rings. The molecule has 0 fully saturated rings. The van der Waals surface area contributed by atoms with Crippen LogP contribution in [-0.2, 0) is 6.42 Å². The number of hydrogen-bond donors (Lipinski definition) is 1. The summed E-state index contributed by atoms with van der Waals surface area (Å²) in [6.45, 7) is 4.09. The van der Waals surface area contributed by atoms with E-state index in [-0.39, 0.29) is 0 Å². The summed E-state index contributed by atoms with van der Waals surface area (Å²) in [4.78, 5) is 2.38. The summed E-state index contributed by atoms with van der Waals surface area (Å²) >= 11 is 0. The van der Waals surface area contributed by atoms with Crippen LogP contribution in [-0.4, -0.2) is 11.1 Å². The maximum absolute atomic E-state index is 10.0. The maximum Gasteiger partial charge on any atom is 0.0782 e. The summed E-state index contributed by atoms with van der Waals surface area (Å²) in [5.74, 6) is 0. The number of fused-ring (bicyclic) bond motifs is 1. The lowest BCUT2D eigenvalue weighted by Crippen LogP contribution is -2.34. The van der Waals surface area contributed by atoms with E-state index >= 15 is 0 Å². The Balaban J connectivity index is 2.14. The average Bonchev–Trinajstić information content (AvgIpc) is 2.47. The molecule has 1 unspecified atom stereocenters. The Morgan fingerprint density at radius 3 is 2.45 bits per heavy atom. The predicted molar refractivity (Wildman–Crippen MR) is 83.4 cm³/mol. The van der Waals surface area contributed by atoms with Crippen molar-refractivity contribution in [2.75, 3.05) is 4.90 Å². The zero-order valence-electron chi connectivity index (χ0n) is 12.1. The van der Waals surface area contributed by atoms with Gasteiger partial charge >= 0.3 is 0 Å². The van der Waals surface area contributed by atoms with Crippen molar-refractivity contribution in [1.29, 1.82) is 0 Å². The van der Waals surface area contributed by atoms with Crippen molar-refractivity contribution in [2.45, 2.75) is 38.8 Å². The minimum atomic E-state index is -0.451. The molecule has 2 atom stereocenters. The molecule has 1 heterocycles. The maximum atomic E-state index is 10.0. The van der Waals surface area contributed by atoms with Gasteiger partial charge in [0.2, 0.25) is 0 Å². The first-order valence-corrected chi connectivity index (χ1v) is 7.32. The molecule has 0 aliphatic carbocycles. The summed E-state index contributed by atoms with van der Waals surface area (Å²) < 4.78 is 0. The van der Waals surface area contributed by atoms with E-state index in [2.05, 4.69) is 42.2 Å². The standard InChI is InChI=1S/C18H21NO/c1-13-11-12-15-7-3-5-9-17(15)19(13)18-10-6-4-8-16(18)14(2)20/h3-10,13-14,20H,11-12H2,1-2H3/t13?,14-/m1/s1. The van der Waals surface area contributed by atoms with Gasteiger partial charge in [-0.25, -0.2) is 0 Å². The monoisotopic (exact) mass is 267 g/mol. The van der Waals surface area contributed by atoms with E-state index in [4.69, 9.17) is 0 Å². The van der Waals surface area contributed by atoms with Crippen LogP contribution in [0.5, 0.6) is 0 Å². The van der Waals surface area contributed by atoms with Gasteiger partial charge in [-0.3, -0.25) is 0 Å². The fourth-order valence-corrected chi connectivity index (χ4v) is 3.12. The van der Waals surface area contributed by atoms with E-state index in [0.717, 1.165) is 24.1 Å². The summed E-state index contributed by atoms with van der Waals surface area (Å²) in [6, 6.07) is 17.2. The Morgan fingerprint density at radius 1 is 1.05 bits per heavy atom. The second kappa shape index (κ2) is 5.29. The smallest absolute Gasteiger partial charge is 0.0782 e. The zero-order chi connectivity index (χ0) is 14.1. The molecule has 2 heteroatoms. The van der Waals surface area contributed by atoms with Gasteiger partial charge in [0.25, 0.3) is 0 Å². The largest absolute Gasteiger partial charge is 0.389 e. The van der Waals surface area contributed by atoms with E-state index in [1.54, 1.807) is 0 Å². The van der Waals surface area contributed by atoms with Crippen LogP contribution in [0.1, 0.15) is 37.5 Å². The van der Waals surface area contributed by atoms with E-state index < -0.39 is 6.10 Å². The van der Waals surface area contributed by atoms with Crippen LogP contribution in [0.2, 0.25) is 0 Å². The third-order valence-electron chi connectivity index (χ3n) is 4.17. The summed E-state index contributed by atoms with van der Waals surface area (Å²) in [5.41, 5.74) is 4.79. The average molecular weight is 267 g/mol. The number of anilines is 2. The van der Waals surface area contributed by atoms with Gasteiger partial charge in [-0.15, -0.1) is 0 Å². The molecule has 0 saturated heterocycles. The predicted octanol–water partition coefficient (Wildman–Crippen LogP) is 4.21. The number of hydrogen-bond acceptors (Lipinski definition) is 2. The molecule has 0 aromatic heterocycles. The Labute approximate surface area is 120 Å². The van der Waals surface area contributed by atoms with Crippen LogP contribution in [0.15, 0.2) is 48.5 Å². The van der Waals surface area contributed by atoms with Gasteiger partial charge in [0.15, 0.2) is 0 Å². The second-order valence-corrected chi connectivity index (χ2v) is 5.62. The highest BCUT2D eigenvalue weighted by Gasteiger charge is 2.26. The van der Waals surface area contributed by atoms with Gasteiger partial charge in [0.1, 0.15) is 0 Å². The fraction of sp³-hybridized carbons (Fsp3) is 0.333. The molecular formula is C18H21NO. The van der Waals surface area contributed by atoms with Crippen LogP contribution in [0.3, 0.4) is 0 Å². The van der Waals surface area contributed by atoms with Crippen molar-refractivity contribution in [2.24, 2.45) is 0 Å². The second-order valence-electron chi connectivity index (χ2n) is 5.62. The van der Waals surface area contributed by atoms with Crippen molar-refractivity contribution >= 4 is 11.4 Å². The Morgan fingerprint density at radius 2 is 1.70 bits per heavy atom. The van der Waals surface area contributed by atoms with E-state index in [0.29, 0.717) is 6.04 Å². The first-order valence-electron chi connectivity index (χ1n) is 7.32. The minimum absolute atomic E-state index is 0.449. The number of benzene rings is 2. The molecule has 1 aliphatic heterocycles. The first kappa shape index (κ1) is 13.2. The lowest BCUT2D eigenvalue weighted by Gasteiger charge is -2.38. The van der Waals surface area contributed by atoms with Crippen LogP contribution in [0.4, 0.5) is 11.4 Å². The van der Waals surface area contributed by atoms with Crippen molar-refractivity contribution in [3.8, 4) is 0 Å². The van der Waals surface area contributed by atoms with Crippen molar-refractivity contribution in [3.63, 3.8) is 0 Å². The molecule has 20 heavy (non-hydrogen) atoms. The number of aryl methyl sites for hydroxylation is 1. The number of aliphatic hydroxyl groups is 1. The molecule has 1 N–H and O–H groups in total. The quantitative estimate of drug-likeness (QED) is 0.881. The molecule has 2 aromatic rings. The lowest BCUT2D eigenvalue weighted by molar-refractivity contribution is 0.199. The van der Waals surface area contributed by atoms with E-state index in [1.165, 1.54) is 11.3 Å². The highest BCUT2D eigenvalue weighted by molar-refractivity contribution is 5.71. The molecule has 3 rings (SSSR count). The Hall–Kier alpha value is -1.80. The lowest BCUT2D eigenvalue weighted by atomic mass is 9.94. The zero-order valence-corrected chi connectivity index (χ0v) is 12.1. The van der Waals surface area contributed by atoms with Gasteiger partial charge in [-0.05, 0) is 44.4 Å². The van der Waals surface area contributed by atoms with Crippen molar-refractivity contribution in [1.82, 2.24) is 0 Å². The SMILES string of the molecule is CC1CCc2ccccc2N1c1ccccc1[C@@H](C)O. The molecule has 0 bridgehead atoms. The van der Waals surface area contributed by atoms with Gasteiger partial charge in [-0.2, -0.15) is 0 Å². The molecule has 0 amide bonds. The van der Waals surface area contributed by atoms with Crippen LogP contribution in [0, 0.1) is 0 Å². The van der Waals surface area contributed by atoms with E-state index in [9.17, 15) is 5.11 Å². The molecule has 0 saturated carbocycles. The summed E-state index contributed by atoms with van der Waals surface area (Å²) in [7, 11) is 0. The molecule has 0 spiro atoms. The number of rotatable bonds is 2. The Kier molecular flexibility index (Phi) is 3.49. The van der Waals surface area contributed by atoms with Crippen molar-refractivity contribution < 1.29 is 5.11 Å². The van der Waals surface area contributed by atoms with Gasteiger partial charge in [0, 0.05) is 23.0 Å². The number of para-hydroxylation sites is 2. The Bertz CT molecular complexity index is 606. The molecule has 2 nitrogen and oxygen atoms in total. The minimum Gasteiger partial charge on any atom is -0.389 e. The van der Waals surface area contributed by atoms with Crippen LogP contribution >= 0.6 is 0 Å². The normalized spacial score (nSPS) is 19.6. The first-order chi connectivity index (χ1) is 9.68. The fourth-order valence-electron chi connectivity index (χ4n) is 3.12. The number of nitrogens with zero attached hydrogens (tertiary/aromatic N) is 1. The molecule has 104 valence electrons. The molecule has 2 aromatic carbocycles. The van der Waals surface area contributed by atoms with Crippen LogP contribution < -0.4 is 4.90 Å². The summed E-state index contributed by atoms with van der Waals surface area (Å²) in [5, 5.41) is 10.0. The molecule has 0 radical (unpaired) electrons. The topological polar surface area (TPSA) is 23.5 Å². The van der Waals surface area contributed by atoms with Gasteiger partial charge < -0.3 is 10.0 Å². The summed E-state index contributed by atoms with van der Waals surface area (Å²) in [6.07, 6.45) is 1.82. The van der Waals surface area contributed by atoms with E-state index in [1.807, 2.05) is 25.1 Å². The van der Waals surface area contributed by atoms with Gasteiger partial charge in [-0.1, -0.05) is 36.4 Å². The third kappa shape index (κ3) is 2.20. The highest BCUT2D eigenvalue weighted by Crippen LogP contribution is 2.39.